The SMILES string of the molecule is CS(=O)(=O)N1CC(C2CCN(Cc3cccc(Oc4ccccc4Cl)c3)CC2)c2ccccc21. The predicted octanol–water partition coefficient (Wildman–Crippen LogP) is 5.91. The van der Waals surface area contributed by atoms with Gasteiger partial charge in [0.25, 0.3) is 0 Å². The van der Waals surface area contributed by atoms with Gasteiger partial charge in [0, 0.05) is 19.0 Å². The first kappa shape index (κ1) is 23.2. The number of rotatable bonds is 6. The van der Waals surface area contributed by atoms with E-state index in [-0.39, 0.29) is 5.92 Å². The molecule has 2 heterocycles. The van der Waals surface area contributed by atoms with Crippen LogP contribution in [-0.4, -0.2) is 39.2 Å². The molecule has 5 nitrogen and oxygen atoms in total. The largest absolute Gasteiger partial charge is 0.456 e. The molecule has 178 valence electrons. The molecule has 34 heavy (non-hydrogen) atoms. The third-order valence-corrected chi connectivity index (χ3v) is 8.40. The Kier molecular flexibility index (Phi) is 6.56. The van der Waals surface area contributed by atoms with Crippen molar-refractivity contribution in [1.82, 2.24) is 4.90 Å². The molecule has 3 aromatic carbocycles. The number of nitrogens with zero attached hydrogens (tertiary/aromatic N) is 2. The average Bonchev–Trinajstić information content (AvgIpc) is 3.22. The second-order valence-corrected chi connectivity index (χ2v) is 11.6. The van der Waals surface area contributed by atoms with Crippen LogP contribution in [0.2, 0.25) is 5.02 Å². The van der Waals surface area contributed by atoms with Crippen LogP contribution in [0.4, 0.5) is 5.69 Å². The predicted molar refractivity (Wildman–Crippen MR) is 137 cm³/mol. The van der Waals surface area contributed by atoms with Crippen LogP contribution >= 0.6 is 11.6 Å². The van der Waals surface area contributed by atoms with Gasteiger partial charge >= 0.3 is 0 Å². The van der Waals surface area contributed by atoms with Crippen molar-refractivity contribution in [3.8, 4) is 11.5 Å². The molecule has 2 aliphatic rings. The lowest BCUT2D eigenvalue weighted by molar-refractivity contribution is 0.164. The van der Waals surface area contributed by atoms with E-state index in [1.165, 1.54) is 17.4 Å². The minimum Gasteiger partial charge on any atom is -0.456 e. The molecule has 1 fully saturated rings. The van der Waals surface area contributed by atoms with Crippen LogP contribution in [0.25, 0.3) is 0 Å². The van der Waals surface area contributed by atoms with Crippen LogP contribution < -0.4 is 9.04 Å². The van der Waals surface area contributed by atoms with Crippen molar-refractivity contribution >= 4 is 27.3 Å². The monoisotopic (exact) mass is 496 g/mol. The van der Waals surface area contributed by atoms with Crippen molar-refractivity contribution in [3.05, 3.63) is 88.9 Å². The minimum atomic E-state index is -3.27. The Morgan fingerprint density at radius 3 is 2.47 bits per heavy atom. The zero-order valence-electron chi connectivity index (χ0n) is 19.2. The molecule has 0 aromatic heterocycles. The fraction of sp³-hybridized carbons (Fsp3) is 0.333. The van der Waals surface area contributed by atoms with Crippen LogP contribution in [0.1, 0.15) is 29.9 Å². The molecule has 5 rings (SSSR count). The van der Waals surface area contributed by atoms with Crippen LogP contribution in [0.5, 0.6) is 11.5 Å². The van der Waals surface area contributed by atoms with Crippen LogP contribution in [-0.2, 0) is 16.6 Å². The van der Waals surface area contributed by atoms with Gasteiger partial charge in [-0.1, -0.05) is 54.1 Å². The number of likely N-dealkylation sites (tertiary alicyclic amines) is 1. The summed E-state index contributed by atoms with van der Waals surface area (Å²) < 4.78 is 32.3. The van der Waals surface area contributed by atoms with E-state index in [1.807, 2.05) is 54.6 Å². The summed E-state index contributed by atoms with van der Waals surface area (Å²) in [5, 5.41) is 0.595. The Hall–Kier alpha value is -2.54. The number of para-hydroxylation sites is 2. The molecular formula is C27H29ClN2O3S. The zero-order chi connectivity index (χ0) is 23.7. The van der Waals surface area contributed by atoms with E-state index in [2.05, 4.69) is 23.1 Å². The first-order valence-corrected chi connectivity index (χ1v) is 13.9. The summed E-state index contributed by atoms with van der Waals surface area (Å²) in [6.45, 7) is 3.42. The molecule has 0 N–H and O–H groups in total. The summed E-state index contributed by atoms with van der Waals surface area (Å²) in [5.74, 6) is 2.19. The Balaban J connectivity index is 1.22. The number of halogens is 1. The number of hydrogen-bond donors (Lipinski definition) is 0. The van der Waals surface area contributed by atoms with E-state index in [0.29, 0.717) is 23.2 Å². The van der Waals surface area contributed by atoms with Crippen molar-refractivity contribution in [2.45, 2.75) is 25.3 Å². The van der Waals surface area contributed by atoms with Gasteiger partial charge in [0.2, 0.25) is 10.0 Å². The topological polar surface area (TPSA) is 49.9 Å². The maximum absolute atomic E-state index is 12.3. The lowest BCUT2D eigenvalue weighted by atomic mass is 9.81. The van der Waals surface area contributed by atoms with E-state index in [4.69, 9.17) is 16.3 Å². The lowest BCUT2D eigenvalue weighted by Gasteiger charge is -2.35. The summed E-state index contributed by atoms with van der Waals surface area (Å²) in [5.41, 5.74) is 3.24. The molecule has 0 radical (unpaired) electrons. The fourth-order valence-electron chi connectivity index (χ4n) is 5.25. The molecule has 7 heteroatoms. The second kappa shape index (κ2) is 9.61. The smallest absolute Gasteiger partial charge is 0.232 e. The quantitative estimate of drug-likeness (QED) is 0.426. The van der Waals surface area contributed by atoms with E-state index in [0.717, 1.165) is 43.9 Å². The van der Waals surface area contributed by atoms with Gasteiger partial charge in [0.15, 0.2) is 0 Å². The number of sulfonamides is 1. The van der Waals surface area contributed by atoms with Crippen molar-refractivity contribution in [2.75, 3.05) is 30.2 Å². The minimum absolute atomic E-state index is 0.264. The molecule has 0 amide bonds. The third kappa shape index (κ3) is 4.95. The summed E-state index contributed by atoms with van der Waals surface area (Å²) in [6, 6.07) is 23.6. The van der Waals surface area contributed by atoms with Gasteiger partial charge in [-0.05, 0) is 73.3 Å². The van der Waals surface area contributed by atoms with E-state index >= 15 is 0 Å². The number of anilines is 1. The first-order chi connectivity index (χ1) is 16.4. The molecule has 1 unspecified atom stereocenters. The molecule has 0 spiro atoms. The highest BCUT2D eigenvalue weighted by atomic mass is 35.5. The van der Waals surface area contributed by atoms with Gasteiger partial charge in [0.1, 0.15) is 11.5 Å². The van der Waals surface area contributed by atoms with Gasteiger partial charge in [-0.25, -0.2) is 8.42 Å². The molecule has 2 aliphatic heterocycles. The third-order valence-electron chi connectivity index (χ3n) is 6.94. The van der Waals surface area contributed by atoms with Gasteiger partial charge in [-0.3, -0.25) is 9.21 Å². The highest BCUT2D eigenvalue weighted by Crippen LogP contribution is 2.44. The number of benzene rings is 3. The number of ether oxygens (including phenoxy) is 1. The number of hydrogen-bond acceptors (Lipinski definition) is 4. The van der Waals surface area contributed by atoms with E-state index in [9.17, 15) is 8.42 Å². The lowest BCUT2D eigenvalue weighted by Crippen LogP contribution is -2.37. The molecule has 0 bridgehead atoms. The van der Waals surface area contributed by atoms with Crippen LogP contribution in [0.15, 0.2) is 72.8 Å². The summed E-state index contributed by atoms with van der Waals surface area (Å²) in [4.78, 5) is 2.47. The summed E-state index contributed by atoms with van der Waals surface area (Å²) >= 11 is 6.23. The van der Waals surface area contributed by atoms with Gasteiger partial charge in [-0.15, -0.1) is 0 Å². The average molecular weight is 497 g/mol. The molecule has 3 aromatic rings. The van der Waals surface area contributed by atoms with Gasteiger partial charge in [-0.2, -0.15) is 0 Å². The van der Waals surface area contributed by atoms with Crippen LogP contribution in [0.3, 0.4) is 0 Å². The molecular weight excluding hydrogens is 468 g/mol. The molecule has 1 atom stereocenters. The van der Waals surface area contributed by atoms with E-state index in [1.54, 1.807) is 4.31 Å². The Morgan fingerprint density at radius 2 is 1.71 bits per heavy atom. The number of fused-ring (bicyclic) bond motifs is 1. The maximum Gasteiger partial charge on any atom is 0.232 e. The van der Waals surface area contributed by atoms with Gasteiger partial charge < -0.3 is 4.74 Å². The Morgan fingerprint density at radius 1 is 0.971 bits per heavy atom. The van der Waals surface area contributed by atoms with E-state index < -0.39 is 10.0 Å². The number of piperidine rings is 1. The highest BCUT2D eigenvalue weighted by Gasteiger charge is 2.38. The molecule has 0 saturated carbocycles. The van der Waals surface area contributed by atoms with Crippen molar-refractivity contribution in [3.63, 3.8) is 0 Å². The summed E-state index contributed by atoms with van der Waals surface area (Å²) in [7, 11) is -3.27. The summed E-state index contributed by atoms with van der Waals surface area (Å²) in [6.07, 6.45) is 3.43. The van der Waals surface area contributed by atoms with Gasteiger partial charge in [0.05, 0.1) is 17.0 Å². The van der Waals surface area contributed by atoms with Crippen molar-refractivity contribution < 1.29 is 13.2 Å². The normalized spacial score (nSPS) is 19.2. The zero-order valence-corrected chi connectivity index (χ0v) is 20.8. The first-order valence-electron chi connectivity index (χ1n) is 11.7. The standard InChI is InChI=1S/C27H29ClN2O3S/c1-34(31,32)30-19-24(23-9-2-4-11-26(23)30)21-13-15-29(16-14-21)18-20-7-6-8-22(17-20)33-27-12-5-3-10-25(27)28/h2-12,17,21,24H,13-16,18-19H2,1H3. The fourth-order valence-corrected chi connectivity index (χ4v) is 6.38. The maximum atomic E-state index is 12.3. The van der Waals surface area contributed by atoms with Crippen molar-refractivity contribution in [2.24, 2.45) is 5.92 Å². The Bertz CT molecular complexity index is 1270. The van der Waals surface area contributed by atoms with Crippen LogP contribution in [0, 0.1) is 5.92 Å². The highest BCUT2D eigenvalue weighted by molar-refractivity contribution is 7.92. The second-order valence-electron chi connectivity index (χ2n) is 9.25. The molecule has 1 saturated heterocycles. The molecule has 0 aliphatic carbocycles. The Labute approximate surface area is 207 Å². The van der Waals surface area contributed by atoms with Crippen molar-refractivity contribution in [1.29, 1.82) is 0 Å².